The Morgan fingerprint density at radius 3 is 2.74 bits per heavy atom. The number of nitro groups is 1. The minimum absolute atomic E-state index is 0.0579. The Kier molecular flexibility index (Phi) is 2.77. The van der Waals surface area contributed by atoms with Gasteiger partial charge in [0.05, 0.1) is 11.3 Å². The molecule has 0 bridgehead atoms. The Bertz CT molecular complexity index is 650. The van der Waals surface area contributed by atoms with Crippen molar-refractivity contribution in [1.82, 2.24) is 0 Å². The van der Waals surface area contributed by atoms with Gasteiger partial charge in [0.15, 0.2) is 0 Å². The summed E-state index contributed by atoms with van der Waals surface area (Å²) in [5.41, 5.74) is 7.97. The normalized spacial score (nSPS) is 17.3. The summed E-state index contributed by atoms with van der Waals surface area (Å²) in [4.78, 5) is 16.3. The molecule has 2 N–H and O–H groups in total. The smallest absolute Gasteiger partial charge is 0.269 e. The molecule has 1 aromatic heterocycles. The van der Waals surface area contributed by atoms with Crippen LogP contribution in [0.25, 0.3) is 0 Å². The van der Waals surface area contributed by atoms with Crippen molar-refractivity contribution in [3.05, 3.63) is 51.4 Å². The van der Waals surface area contributed by atoms with Crippen molar-refractivity contribution in [3.63, 3.8) is 0 Å². The van der Waals surface area contributed by atoms with E-state index in [-0.39, 0.29) is 11.9 Å². The number of fused-ring (bicyclic) bond motifs is 1. The monoisotopic (exact) mass is 274 g/mol. The number of thiophene rings is 1. The first-order chi connectivity index (χ1) is 9.16. The molecule has 6 nitrogen and oxygen atoms in total. The van der Waals surface area contributed by atoms with E-state index in [1.807, 2.05) is 11.4 Å². The van der Waals surface area contributed by atoms with Crippen LogP contribution in [0.3, 0.4) is 0 Å². The molecule has 1 aliphatic rings. The second-order valence-corrected chi connectivity index (χ2v) is 4.95. The molecular weight excluding hydrogens is 264 g/mol. The van der Waals surface area contributed by atoms with E-state index in [0.717, 1.165) is 16.3 Å². The molecule has 0 saturated heterocycles. The van der Waals surface area contributed by atoms with Gasteiger partial charge in [-0.2, -0.15) is 0 Å². The molecule has 7 heteroatoms. The molecule has 19 heavy (non-hydrogen) atoms. The maximum absolute atomic E-state index is 10.6. The maximum atomic E-state index is 10.6. The first-order valence-corrected chi connectivity index (χ1v) is 6.45. The molecule has 1 unspecified atom stereocenters. The van der Waals surface area contributed by atoms with Crippen LogP contribution in [0, 0.1) is 10.1 Å². The molecule has 3 rings (SSSR count). The van der Waals surface area contributed by atoms with Crippen LogP contribution in [0.5, 0.6) is 0 Å². The molecule has 0 fully saturated rings. The van der Waals surface area contributed by atoms with Crippen LogP contribution in [0.4, 0.5) is 16.4 Å². The summed E-state index contributed by atoms with van der Waals surface area (Å²) in [6.07, 6.45) is 1.34. The molecule has 2 heterocycles. The van der Waals surface area contributed by atoms with Gasteiger partial charge >= 0.3 is 0 Å². The summed E-state index contributed by atoms with van der Waals surface area (Å²) < 4.78 is 0. The van der Waals surface area contributed by atoms with Gasteiger partial charge in [0.2, 0.25) is 0 Å². The van der Waals surface area contributed by atoms with Crippen LogP contribution < -0.4 is 10.6 Å². The highest BCUT2D eigenvalue weighted by molar-refractivity contribution is 7.14. The number of rotatable bonds is 2. The minimum Gasteiger partial charge on any atom is -0.312 e. The summed E-state index contributed by atoms with van der Waals surface area (Å²) in [6.45, 7) is 0. The number of nitro benzene ring substituents is 1. The molecule has 0 aliphatic carbocycles. The van der Waals surface area contributed by atoms with E-state index in [0.29, 0.717) is 0 Å². The van der Waals surface area contributed by atoms with Gasteiger partial charge in [-0.3, -0.25) is 10.1 Å². The van der Waals surface area contributed by atoms with Gasteiger partial charge in [0.25, 0.3) is 5.69 Å². The molecule has 1 atom stereocenters. The molecule has 0 radical (unpaired) electrons. The van der Waals surface area contributed by atoms with Gasteiger partial charge in [0.1, 0.15) is 11.2 Å². The zero-order valence-corrected chi connectivity index (χ0v) is 10.6. The third-order valence-corrected chi connectivity index (χ3v) is 3.79. The highest BCUT2D eigenvalue weighted by atomic mass is 32.1. The summed E-state index contributed by atoms with van der Waals surface area (Å²) in [5.74, 6) is 0. The highest BCUT2D eigenvalue weighted by Gasteiger charge is 2.23. The number of nitrogens with zero attached hydrogens (tertiary/aromatic N) is 3. The van der Waals surface area contributed by atoms with Gasteiger partial charge in [-0.1, -0.05) is 0 Å². The van der Waals surface area contributed by atoms with Crippen molar-refractivity contribution < 1.29 is 4.92 Å². The second-order valence-electron chi connectivity index (χ2n) is 4.05. The molecular formula is C12H10N4O2S. The Morgan fingerprint density at radius 2 is 2.05 bits per heavy atom. The van der Waals surface area contributed by atoms with E-state index in [1.165, 1.54) is 23.5 Å². The van der Waals surface area contributed by atoms with Crippen molar-refractivity contribution in [2.24, 2.45) is 10.7 Å². The lowest BCUT2D eigenvalue weighted by atomic mass is 10.2. The van der Waals surface area contributed by atoms with Crippen molar-refractivity contribution in [2.75, 3.05) is 4.90 Å². The number of aliphatic imine (C=N–C) groups is 1. The first-order valence-electron chi connectivity index (χ1n) is 5.57. The standard InChI is InChI=1S/C12H10N4O2S/c13-11-10-5-6-19-12(10)14-7-15(11)8-1-3-9(4-2-8)16(17)18/h1-7,11H,13H2. The lowest BCUT2D eigenvalue weighted by Crippen LogP contribution is -2.34. The van der Waals surface area contributed by atoms with Gasteiger partial charge in [-0.05, 0) is 23.6 Å². The van der Waals surface area contributed by atoms with E-state index >= 15 is 0 Å². The highest BCUT2D eigenvalue weighted by Crippen LogP contribution is 2.36. The van der Waals surface area contributed by atoms with Crippen LogP contribution >= 0.6 is 11.3 Å². The predicted molar refractivity (Wildman–Crippen MR) is 75.0 cm³/mol. The Balaban J connectivity index is 1.93. The number of anilines is 1. The van der Waals surface area contributed by atoms with E-state index in [9.17, 15) is 10.1 Å². The fraction of sp³-hybridized carbons (Fsp3) is 0.0833. The molecule has 0 saturated carbocycles. The van der Waals surface area contributed by atoms with E-state index < -0.39 is 4.92 Å². The summed E-state index contributed by atoms with van der Waals surface area (Å²) in [7, 11) is 0. The molecule has 2 aromatic rings. The van der Waals surface area contributed by atoms with Crippen molar-refractivity contribution >= 4 is 34.1 Å². The van der Waals surface area contributed by atoms with Gasteiger partial charge in [-0.25, -0.2) is 4.99 Å². The number of hydrogen-bond acceptors (Lipinski definition) is 6. The topological polar surface area (TPSA) is 84.8 Å². The molecule has 96 valence electrons. The van der Waals surface area contributed by atoms with E-state index in [2.05, 4.69) is 4.99 Å². The number of nitrogens with two attached hydrogens (primary N) is 1. The van der Waals surface area contributed by atoms with Gasteiger partial charge in [0, 0.05) is 23.4 Å². The van der Waals surface area contributed by atoms with E-state index in [4.69, 9.17) is 5.73 Å². The quantitative estimate of drug-likeness (QED) is 0.674. The zero-order valence-electron chi connectivity index (χ0n) is 9.76. The third-order valence-electron chi connectivity index (χ3n) is 2.95. The Hall–Kier alpha value is -2.25. The third kappa shape index (κ3) is 1.98. The van der Waals surface area contributed by atoms with E-state index in [1.54, 1.807) is 23.4 Å². The lowest BCUT2D eigenvalue weighted by Gasteiger charge is -2.29. The van der Waals surface area contributed by atoms with Crippen LogP contribution in [0.1, 0.15) is 11.7 Å². The number of non-ortho nitro benzene ring substituents is 1. The second kappa shape index (κ2) is 4.45. The zero-order chi connectivity index (χ0) is 13.4. The Morgan fingerprint density at radius 1 is 1.32 bits per heavy atom. The van der Waals surface area contributed by atoms with Crippen molar-refractivity contribution in [3.8, 4) is 0 Å². The van der Waals surface area contributed by atoms with Crippen LogP contribution in [-0.2, 0) is 0 Å². The number of hydrogen-bond donors (Lipinski definition) is 1. The van der Waals surface area contributed by atoms with Gasteiger partial charge in [-0.15, -0.1) is 11.3 Å². The maximum Gasteiger partial charge on any atom is 0.269 e. The van der Waals surface area contributed by atoms with Crippen molar-refractivity contribution in [2.45, 2.75) is 6.17 Å². The molecule has 1 aromatic carbocycles. The van der Waals surface area contributed by atoms with Crippen LogP contribution in [0.15, 0.2) is 40.7 Å². The SMILES string of the molecule is NC1c2ccsc2N=CN1c1ccc([N+](=O)[O-])cc1. The predicted octanol–water partition coefficient (Wildman–Crippen LogP) is 2.79. The molecule has 0 spiro atoms. The lowest BCUT2D eigenvalue weighted by molar-refractivity contribution is -0.384. The molecule has 1 aliphatic heterocycles. The summed E-state index contributed by atoms with van der Waals surface area (Å²) in [6, 6.07) is 8.19. The largest absolute Gasteiger partial charge is 0.312 e. The minimum atomic E-state index is -0.426. The van der Waals surface area contributed by atoms with Crippen LogP contribution in [0.2, 0.25) is 0 Å². The summed E-state index contributed by atoms with van der Waals surface area (Å²) >= 11 is 1.54. The average Bonchev–Trinajstić information content (AvgIpc) is 2.88. The summed E-state index contributed by atoms with van der Waals surface area (Å²) in [5, 5.41) is 13.5. The molecule has 0 amide bonds. The van der Waals surface area contributed by atoms with Crippen molar-refractivity contribution in [1.29, 1.82) is 0 Å². The average molecular weight is 274 g/mol. The Labute approximate surface area is 113 Å². The van der Waals surface area contributed by atoms with Gasteiger partial charge < -0.3 is 10.6 Å². The first kappa shape index (κ1) is 11.8. The number of benzene rings is 1. The fourth-order valence-electron chi connectivity index (χ4n) is 1.95. The fourth-order valence-corrected chi connectivity index (χ4v) is 2.73. The van der Waals surface area contributed by atoms with Crippen LogP contribution in [-0.4, -0.2) is 11.3 Å².